The van der Waals surface area contributed by atoms with E-state index < -0.39 is 0 Å². The van der Waals surface area contributed by atoms with E-state index in [2.05, 4.69) is 10.3 Å². The van der Waals surface area contributed by atoms with Crippen molar-refractivity contribution in [2.75, 3.05) is 20.1 Å². The van der Waals surface area contributed by atoms with Crippen molar-refractivity contribution in [1.82, 2.24) is 15.2 Å². The molecule has 1 fully saturated rings. The predicted molar refractivity (Wildman–Crippen MR) is 108 cm³/mol. The fraction of sp³-hybridized carbons (Fsp3) is 0.474. The lowest BCUT2D eigenvalue weighted by molar-refractivity contribution is -0.132. The number of aromatic nitrogens is 1. The number of nitrogens with one attached hydrogen (secondary N) is 1. The van der Waals surface area contributed by atoms with Crippen molar-refractivity contribution >= 4 is 30.7 Å². The van der Waals surface area contributed by atoms with Gasteiger partial charge < -0.3 is 14.6 Å². The van der Waals surface area contributed by atoms with Crippen molar-refractivity contribution < 1.29 is 9.21 Å². The third-order valence-corrected chi connectivity index (χ3v) is 4.61. The molecule has 1 unspecified atom stereocenters. The molecule has 1 saturated heterocycles. The summed E-state index contributed by atoms with van der Waals surface area (Å²) in [6.07, 6.45) is 3.20. The van der Waals surface area contributed by atoms with E-state index in [-0.39, 0.29) is 30.7 Å². The molecule has 1 N–H and O–H groups in total. The van der Waals surface area contributed by atoms with Crippen molar-refractivity contribution in [2.45, 2.75) is 38.6 Å². The van der Waals surface area contributed by atoms with Crippen LogP contribution in [0, 0.1) is 6.92 Å². The number of hydrogen-bond acceptors (Lipinski definition) is 4. The van der Waals surface area contributed by atoms with Gasteiger partial charge in [-0.15, -0.1) is 24.8 Å². The average Bonchev–Trinajstić information content (AvgIpc) is 3.01. The van der Waals surface area contributed by atoms with Crippen molar-refractivity contribution in [1.29, 1.82) is 0 Å². The van der Waals surface area contributed by atoms with E-state index in [4.69, 9.17) is 4.42 Å². The minimum absolute atomic E-state index is 0. The van der Waals surface area contributed by atoms with Crippen LogP contribution in [-0.4, -0.2) is 42.0 Å². The number of hydrogen-bond donors (Lipinski definition) is 1. The van der Waals surface area contributed by atoms with Crippen LogP contribution in [0.2, 0.25) is 0 Å². The Morgan fingerprint density at radius 2 is 2.04 bits per heavy atom. The van der Waals surface area contributed by atoms with E-state index in [1.807, 2.05) is 49.2 Å². The number of aryl methyl sites for hydroxylation is 2. The molecule has 1 aromatic carbocycles. The number of likely N-dealkylation sites (N-methyl/N-ethyl adjacent to an activating group) is 1. The fourth-order valence-electron chi connectivity index (χ4n) is 3.23. The normalized spacial score (nSPS) is 16.5. The maximum Gasteiger partial charge on any atom is 0.223 e. The SMILES string of the molecule is CNC1CCCN(C(=O)CCc2nc(C)c(-c3ccccc3)o2)C1.Cl.Cl. The molecular formula is C19H27Cl2N3O2. The van der Waals surface area contributed by atoms with Gasteiger partial charge in [0.25, 0.3) is 0 Å². The summed E-state index contributed by atoms with van der Waals surface area (Å²) in [6.45, 7) is 3.60. The molecule has 3 rings (SSSR count). The second-order valence-corrected chi connectivity index (χ2v) is 6.36. The summed E-state index contributed by atoms with van der Waals surface area (Å²) in [5.74, 6) is 1.63. The number of rotatable bonds is 5. The van der Waals surface area contributed by atoms with E-state index in [0.29, 0.717) is 24.8 Å². The Hall–Kier alpha value is -1.56. The van der Waals surface area contributed by atoms with Gasteiger partial charge in [-0.05, 0) is 26.8 Å². The van der Waals surface area contributed by atoms with E-state index in [9.17, 15) is 4.79 Å². The smallest absolute Gasteiger partial charge is 0.223 e. The number of nitrogens with zero attached hydrogens (tertiary/aromatic N) is 2. The summed E-state index contributed by atoms with van der Waals surface area (Å²) in [7, 11) is 1.96. The Labute approximate surface area is 167 Å². The lowest BCUT2D eigenvalue weighted by Crippen LogP contribution is -2.47. The Morgan fingerprint density at radius 3 is 2.73 bits per heavy atom. The van der Waals surface area contributed by atoms with Gasteiger partial charge in [0, 0.05) is 37.5 Å². The number of carbonyl (C=O) groups is 1. The number of carbonyl (C=O) groups excluding carboxylic acids is 1. The highest BCUT2D eigenvalue weighted by atomic mass is 35.5. The molecule has 1 atom stereocenters. The lowest BCUT2D eigenvalue weighted by Gasteiger charge is -2.32. The van der Waals surface area contributed by atoms with Crippen LogP contribution in [0.1, 0.15) is 30.8 Å². The molecule has 144 valence electrons. The standard InChI is InChI=1S/C19H25N3O2.2ClH/c1-14-19(15-7-4-3-5-8-15)24-17(21-14)10-11-18(23)22-12-6-9-16(13-22)20-2;;/h3-5,7-8,16,20H,6,9-13H2,1-2H3;2*1H. The molecule has 0 bridgehead atoms. The molecule has 1 aliphatic heterocycles. The van der Waals surface area contributed by atoms with Gasteiger partial charge in [-0.25, -0.2) is 4.98 Å². The first kappa shape index (κ1) is 22.5. The molecule has 2 heterocycles. The van der Waals surface area contributed by atoms with Gasteiger partial charge >= 0.3 is 0 Å². The van der Waals surface area contributed by atoms with Gasteiger partial charge in [0.05, 0.1) is 5.69 Å². The highest BCUT2D eigenvalue weighted by Crippen LogP contribution is 2.24. The molecule has 0 radical (unpaired) electrons. The largest absolute Gasteiger partial charge is 0.440 e. The number of likely N-dealkylation sites (tertiary alicyclic amines) is 1. The van der Waals surface area contributed by atoms with Crippen molar-refractivity contribution in [3.05, 3.63) is 41.9 Å². The minimum atomic E-state index is 0. The van der Waals surface area contributed by atoms with Crippen molar-refractivity contribution in [3.63, 3.8) is 0 Å². The molecule has 1 aliphatic rings. The van der Waals surface area contributed by atoms with Gasteiger partial charge in [0.2, 0.25) is 5.91 Å². The van der Waals surface area contributed by atoms with Crippen LogP contribution < -0.4 is 5.32 Å². The van der Waals surface area contributed by atoms with Gasteiger partial charge in [-0.2, -0.15) is 0 Å². The Morgan fingerprint density at radius 1 is 1.31 bits per heavy atom. The minimum Gasteiger partial charge on any atom is -0.440 e. The highest BCUT2D eigenvalue weighted by molar-refractivity contribution is 5.85. The summed E-state index contributed by atoms with van der Waals surface area (Å²) in [6, 6.07) is 10.4. The number of halogens is 2. The fourth-order valence-corrected chi connectivity index (χ4v) is 3.23. The van der Waals surface area contributed by atoms with Crippen LogP contribution in [-0.2, 0) is 11.2 Å². The first-order valence-corrected chi connectivity index (χ1v) is 8.64. The summed E-state index contributed by atoms with van der Waals surface area (Å²) in [5, 5.41) is 3.27. The van der Waals surface area contributed by atoms with Gasteiger partial charge in [-0.1, -0.05) is 30.3 Å². The van der Waals surface area contributed by atoms with Gasteiger partial charge in [-0.3, -0.25) is 4.79 Å². The van der Waals surface area contributed by atoms with Crippen LogP contribution in [0.4, 0.5) is 0 Å². The third-order valence-electron chi connectivity index (χ3n) is 4.61. The van der Waals surface area contributed by atoms with E-state index in [0.717, 1.165) is 42.9 Å². The highest BCUT2D eigenvalue weighted by Gasteiger charge is 2.23. The van der Waals surface area contributed by atoms with Gasteiger partial charge in [0.15, 0.2) is 11.7 Å². The number of benzene rings is 1. The molecule has 0 saturated carbocycles. The third kappa shape index (κ3) is 5.47. The first-order valence-electron chi connectivity index (χ1n) is 8.64. The molecule has 26 heavy (non-hydrogen) atoms. The average molecular weight is 400 g/mol. The summed E-state index contributed by atoms with van der Waals surface area (Å²) < 4.78 is 5.89. The quantitative estimate of drug-likeness (QED) is 0.833. The van der Waals surface area contributed by atoms with E-state index in [1.165, 1.54) is 0 Å². The zero-order valence-corrected chi connectivity index (χ0v) is 16.9. The van der Waals surface area contributed by atoms with Crippen LogP contribution >= 0.6 is 24.8 Å². The molecular weight excluding hydrogens is 373 g/mol. The molecule has 0 spiro atoms. The Balaban J connectivity index is 0.00000169. The predicted octanol–water partition coefficient (Wildman–Crippen LogP) is 3.64. The van der Waals surface area contributed by atoms with Crippen LogP contribution in [0.25, 0.3) is 11.3 Å². The summed E-state index contributed by atoms with van der Waals surface area (Å²) >= 11 is 0. The second kappa shape index (κ2) is 10.6. The van der Waals surface area contributed by atoms with Crippen LogP contribution in [0.5, 0.6) is 0 Å². The maximum absolute atomic E-state index is 12.4. The molecule has 1 aromatic heterocycles. The molecule has 5 nitrogen and oxygen atoms in total. The van der Waals surface area contributed by atoms with Crippen LogP contribution in [0.15, 0.2) is 34.7 Å². The van der Waals surface area contributed by atoms with Gasteiger partial charge in [0.1, 0.15) is 0 Å². The Kier molecular flexibility index (Phi) is 9.13. The second-order valence-electron chi connectivity index (χ2n) is 6.36. The molecule has 2 aromatic rings. The monoisotopic (exact) mass is 399 g/mol. The summed E-state index contributed by atoms with van der Waals surface area (Å²) in [5.41, 5.74) is 1.89. The topological polar surface area (TPSA) is 58.4 Å². The van der Waals surface area contributed by atoms with E-state index >= 15 is 0 Å². The molecule has 7 heteroatoms. The lowest BCUT2D eigenvalue weighted by atomic mass is 10.1. The van der Waals surface area contributed by atoms with Crippen LogP contribution in [0.3, 0.4) is 0 Å². The first-order chi connectivity index (χ1) is 11.7. The summed E-state index contributed by atoms with van der Waals surface area (Å²) in [4.78, 5) is 18.9. The zero-order chi connectivity index (χ0) is 16.9. The van der Waals surface area contributed by atoms with E-state index in [1.54, 1.807) is 0 Å². The number of oxazole rings is 1. The number of amides is 1. The molecule has 0 aliphatic carbocycles. The zero-order valence-electron chi connectivity index (χ0n) is 15.2. The maximum atomic E-state index is 12.4. The molecule has 1 amide bonds. The number of piperidine rings is 1. The van der Waals surface area contributed by atoms with Crippen molar-refractivity contribution in [2.24, 2.45) is 0 Å². The Bertz CT molecular complexity index is 691. The van der Waals surface area contributed by atoms with Crippen molar-refractivity contribution in [3.8, 4) is 11.3 Å².